The van der Waals surface area contributed by atoms with Crippen molar-refractivity contribution in [2.75, 3.05) is 19.8 Å². The van der Waals surface area contributed by atoms with Crippen molar-refractivity contribution in [2.45, 2.75) is 40.3 Å². The molecule has 0 radical (unpaired) electrons. The maximum Gasteiger partial charge on any atom is 0.191 e. The normalized spacial score (nSPS) is 11.4. The molecule has 0 spiro atoms. The lowest BCUT2D eigenvalue weighted by molar-refractivity contribution is 0.108. The molecular formula is C20H33IN6O. The van der Waals surface area contributed by atoms with Crippen LogP contribution in [0, 0.1) is 12.8 Å². The van der Waals surface area contributed by atoms with Gasteiger partial charge >= 0.3 is 0 Å². The quantitative estimate of drug-likeness (QED) is 0.227. The van der Waals surface area contributed by atoms with Gasteiger partial charge in [-0.3, -0.25) is 0 Å². The average Bonchev–Trinajstić information content (AvgIpc) is 2.98. The third-order valence-electron chi connectivity index (χ3n) is 4.07. The first-order valence-electron chi connectivity index (χ1n) is 9.55. The lowest BCUT2D eigenvalue weighted by Gasteiger charge is -2.13. The summed E-state index contributed by atoms with van der Waals surface area (Å²) >= 11 is 0. The Labute approximate surface area is 185 Å². The second-order valence-corrected chi connectivity index (χ2v) is 6.98. The van der Waals surface area contributed by atoms with Crippen molar-refractivity contribution in [3.05, 3.63) is 47.5 Å². The van der Waals surface area contributed by atoms with Gasteiger partial charge in [0.15, 0.2) is 11.8 Å². The van der Waals surface area contributed by atoms with E-state index in [0.29, 0.717) is 19.0 Å². The van der Waals surface area contributed by atoms with Crippen LogP contribution in [0.25, 0.3) is 0 Å². The number of hydrogen-bond donors (Lipinski definition) is 2. The van der Waals surface area contributed by atoms with Crippen LogP contribution in [0.2, 0.25) is 0 Å². The summed E-state index contributed by atoms with van der Waals surface area (Å²) in [6.07, 6.45) is 0.932. The summed E-state index contributed by atoms with van der Waals surface area (Å²) < 4.78 is 7.61. The molecule has 1 aromatic carbocycles. The lowest BCUT2D eigenvalue weighted by Crippen LogP contribution is -2.38. The number of aromatic nitrogens is 3. The predicted molar refractivity (Wildman–Crippen MR) is 124 cm³/mol. The Morgan fingerprint density at radius 3 is 2.57 bits per heavy atom. The second kappa shape index (κ2) is 13.5. The number of aryl methyl sites for hydroxylation is 1. The third-order valence-corrected chi connectivity index (χ3v) is 4.07. The van der Waals surface area contributed by atoms with Crippen molar-refractivity contribution in [2.24, 2.45) is 18.0 Å². The van der Waals surface area contributed by atoms with Crippen LogP contribution in [0.15, 0.2) is 35.3 Å². The summed E-state index contributed by atoms with van der Waals surface area (Å²) in [5.74, 6) is 3.10. The van der Waals surface area contributed by atoms with E-state index in [4.69, 9.17) is 4.74 Å². The number of halogens is 1. The SMILES string of the molecule is Cc1nnc(CNC(=NCc2ccccc2)NCCCOCC(C)C)n1C.I. The topological polar surface area (TPSA) is 76.4 Å². The minimum atomic E-state index is 0. The average molecular weight is 500 g/mol. The molecule has 28 heavy (non-hydrogen) atoms. The van der Waals surface area contributed by atoms with E-state index < -0.39 is 0 Å². The molecule has 1 heterocycles. The third kappa shape index (κ3) is 9.01. The molecular weight excluding hydrogens is 467 g/mol. The highest BCUT2D eigenvalue weighted by Gasteiger charge is 2.06. The summed E-state index contributed by atoms with van der Waals surface area (Å²) in [4.78, 5) is 4.69. The highest BCUT2D eigenvalue weighted by atomic mass is 127. The number of nitrogens with zero attached hydrogens (tertiary/aromatic N) is 4. The Balaban J connectivity index is 0.00000392. The van der Waals surface area contributed by atoms with Gasteiger partial charge in [-0.15, -0.1) is 34.2 Å². The largest absolute Gasteiger partial charge is 0.381 e. The van der Waals surface area contributed by atoms with E-state index in [0.717, 1.165) is 43.8 Å². The molecule has 156 valence electrons. The van der Waals surface area contributed by atoms with Crippen LogP contribution in [0.4, 0.5) is 0 Å². The van der Waals surface area contributed by atoms with E-state index >= 15 is 0 Å². The van der Waals surface area contributed by atoms with Crippen LogP contribution in [-0.4, -0.2) is 40.5 Å². The Bertz CT molecular complexity index is 702. The van der Waals surface area contributed by atoms with Gasteiger partial charge in [-0.2, -0.15) is 0 Å². The first-order chi connectivity index (χ1) is 13.1. The van der Waals surface area contributed by atoms with Crippen LogP contribution in [0.3, 0.4) is 0 Å². The van der Waals surface area contributed by atoms with Crippen LogP contribution in [0.1, 0.15) is 37.5 Å². The molecule has 1 aromatic heterocycles. The maximum absolute atomic E-state index is 5.63. The van der Waals surface area contributed by atoms with E-state index in [9.17, 15) is 0 Å². The molecule has 0 aliphatic heterocycles. The maximum atomic E-state index is 5.63. The molecule has 2 aromatic rings. The monoisotopic (exact) mass is 500 g/mol. The fraction of sp³-hybridized carbons (Fsp3) is 0.550. The first kappa shape index (κ1) is 24.4. The molecule has 0 aliphatic rings. The van der Waals surface area contributed by atoms with Gasteiger partial charge in [0.05, 0.1) is 13.1 Å². The standard InChI is InChI=1S/C20H32N6O.HI/c1-16(2)15-27-12-8-11-21-20(22-13-18-9-6-5-7-10-18)23-14-19-25-24-17(3)26(19)4;/h5-7,9-10,16H,8,11-15H2,1-4H3,(H2,21,22,23);1H. The Morgan fingerprint density at radius 2 is 1.93 bits per heavy atom. The molecule has 0 amide bonds. The van der Waals surface area contributed by atoms with Gasteiger partial charge in [0.1, 0.15) is 5.82 Å². The molecule has 0 saturated carbocycles. The number of rotatable bonds is 10. The van der Waals surface area contributed by atoms with Crippen molar-refractivity contribution >= 4 is 29.9 Å². The van der Waals surface area contributed by atoms with Crippen LogP contribution < -0.4 is 10.6 Å². The summed E-state index contributed by atoms with van der Waals surface area (Å²) in [6.45, 7) is 9.81. The second-order valence-electron chi connectivity index (χ2n) is 6.98. The number of nitrogens with one attached hydrogen (secondary N) is 2. The van der Waals surface area contributed by atoms with Gasteiger partial charge in [0, 0.05) is 26.8 Å². The van der Waals surface area contributed by atoms with Gasteiger partial charge in [0.25, 0.3) is 0 Å². The summed E-state index contributed by atoms with van der Waals surface area (Å²) in [6, 6.07) is 10.2. The highest BCUT2D eigenvalue weighted by molar-refractivity contribution is 14.0. The van der Waals surface area contributed by atoms with Gasteiger partial charge < -0.3 is 19.9 Å². The molecule has 0 fully saturated rings. The number of guanidine groups is 1. The highest BCUT2D eigenvalue weighted by Crippen LogP contribution is 2.01. The fourth-order valence-corrected chi connectivity index (χ4v) is 2.40. The van der Waals surface area contributed by atoms with E-state index in [1.54, 1.807) is 0 Å². The zero-order valence-electron chi connectivity index (χ0n) is 17.3. The van der Waals surface area contributed by atoms with E-state index in [-0.39, 0.29) is 24.0 Å². The summed E-state index contributed by atoms with van der Waals surface area (Å²) in [7, 11) is 1.96. The molecule has 0 bridgehead atoms. The molecule has 0 saturated heterocycles. The van der Waals surface area contributed by atoms with Crippen molar-refractivity contribution in [3.8, 4) is 0 Å². The van der Waals surface area contributed by atoms with Crippen molar-refractivity contribution in [1.29, 1.82) is 0 Å². The van der Waals surface area contributed by atoms with Gasteiger partial charge in [-0.1, -0.05) is 44.2 Å². The molecule has 0 unspecified atom stereocenters. The van der Waals surface area contributed by atoms with Gasteiger partial charge in [-0.05, 0) is 24.8 Å². The number of benzene rings is 1. The Morgan fingerprint density at radius 1 is 1.18 bits per heavy atom. The number of ether oxygens (including phenoxy) is 1. The van der Waals surface area contributed by atoms with Gasteiger partial charge in [-0.25, -0.2) is 4.99 Å². The van der Waals surface area contributed by atoms with Crippen molar-refractivity contribution in [3.63, 3.8) is 0 Å². The Kier molecular flexibility index (Phi) is 11.7. The minimum absolute atomic E-state index is 0. The van der Waals surface area contributed by atoms with Crippen molar-refractivity contribution < 1.29 is 4.74 Å². The number of aliphatic imine (C=N–C) groups is 1. The smallest absolute Gasteiger partial charge is 0.191 e. The zero-order chi connectivity index (χ0) is 19.5. The number of hydrogen-bond acceptors (Lipinski definition) is 4. The van der Waals surface area contributed by atoms with Gasteiger partial charge in [0.2, 0.25) is 0 Å². The zero-order valence-corrected chi connectivity index (χ0v) is 19.6. The summed E-state index contributed by atoms with van der Waals surface area (Å²) in [5, 5.41) is 15.0. The summed E-state index contributed by atoms with van der Waals surface area (Å²) in [5.41, 5.74) is 1.17. The molecule has 2 N–H and O–H groups in total. The van der Waals surface area contributed by atoms with Crippen molar-refractivity contribution in [1.82, 2.24) is 25.4 Å². The predicted octanol–water partition coefficient (Wildman–Crippen LogP) is 3.04. The van der Waals surface area contributed by atoms with Crippen LogP contribution >= 0.6 is 24.0 Å². The van der Waals surface area contributed by atoms with Crippen LogP contribution in [-0.2, 0) is 24.9 Å². The molecule has 0 aliphatic carbocycles. The minimum Gasteiger partial charge on any atom is -0.381 e. The molecule has 8 heteroatoms. The van der Waals surface area contributed by atoms with E-state index in [2.05, 4.69) is 51.8 Å². The molecule has 7 nitrogen and oxygen atoms in total. The molecule has 2 rings (SSSR count). The fourth-order valence-electron chi connectivity index (χ4n) is 2.40. The Hall–Kier alpha value is -1.68. The van der Waals surface area contributed by atoms with Crippen LogP contribution in [0.5, 0.6) is 0 Å². The van der Waals surface area contributed by atoms with E-state index in [1.807, 2.05) is 36.7 Å². The lowest BCUT2D eigenvalue weighted by atomic mass is 10.2. The van der Waals surface area contributed by atoms with E-state index in [1.165, 1.54) is 5.56 Å². The first-order valence-corrected chi connectivity index (χ1v) is 9.55. The molecule has 0 atom stereocenters.